The van der Waals surface area contributed by atoms with E-state index in [0.717, 1.165) is 29.5 Å². The lowest BCUT2D eigenvalue weighted by Gasteiger charge is -2.02. The Hall–Kier alpha value is -3.47. The Labute approximate surface area is 142 Å². The highest BCUT2D eigenvalue weighted by molar-refractivity contribution is 7.22. The number of fused-ring (bicyclic) bond motifs is 1. The number of nitrogens with zero attached hydrogens (tertiary/aromatic N) is 3. The van der Waals surface area contributed by atoms with Gasteiger partial charge in [-0.15, -0.1) is 0 Å². The van der Waals surface area contributed by atoms with Crippen molar-refractivity contribution >= 4 is 44.0 Å². The lowest BCUT2D eigenvalue weighted by molar-refractivity contribution is -0.394. The molecule has 25 heavy (non-hydrogen) atoms. The van der Waals surface area contributed by atoms with Crippen molar-refractivity contribution < 1.29 is 19.0 Å². The Balaban J connectivity index is 1.94. The van der Waals surface area contributed by atoms with Gasteiger partial charge in [-0.3, -0.25) is 30.3 Å². The van der Waals surface area contributed by atoms with Crippen LogP contribution >= 0.6 is 11.3 Å². The molecule has 3 rings (SSSR count). The van der Waals surface area contributed by atoms with Crippen molar-refractivity contribution in [2.24, 2.45) is 0 Å². The number of amides is 1. The van der Waals surface area contributed by atoms with E-state index in [1.807, 2.05) is 0 Å². The summed E-state index contributed by atoms with van der Waals surface area (Å²) in [5.74, 6) is -1.25. The molecule has 1 N–H and O–H groups in total. The summed E-state index contributed by atoms with van der Waals surface area (Å²) in [7, 11) is 0. The first-order chi connectivity index (χ1) is 11.8. The smallest absolute Gasteiger partial charge is 0.277 e. The van der Waals surface area contributed by atoms with Gasteiger partial charge in [-0.2, -0.15) is 0 Å². The van der Waals surface area contributed by atoms with Gasteiger partial charge in [0.1, 0.15) is 5.82 Å². The molecule has 0 aliphatic carbocycles. The van der Waals surface area contributed by atoms with Gasteiger partial charge in [0, 0.05) is 12.1 Å². The molecule has 0 atom stereocenters. The molecule has 1 amide bonds. The van der Waals surface area contributed by atoms with E-state index < -0.39 is 32.9 Å². The molecular formula is C14H7FN4O5S. The molecule has 0 bridgehead atoms. The maximum Gasteiger partial charge on any atom is 0.277 e. The molecule has 0 aliphatic rings. The summed E-state index contributed by atoms with van der Waals surface area (Å²) in [6.07, 6.45) is 0. The van der Waals surface area contributed by atoms with Gasteiger partial charge in [-0.25, -0.2) is 9.37 Å². The van der Waals surface area contributed by atoms with Crippen molar-refractivity contribution in [2.75, 3.05) is 5.32 Å². The Bertz CT molecular complexity index is 1000. The highest BCUT2D eigenvalue weighted by Crippen LogP contribution is 2.28. The largest absolute Gasteiger partial charge is 0.298 e. The fourth-order valence-corrected chi connectivity index (χ4v) is 2.94. The third kappa shape index (κ3) is 3.40. The Morgan fingerprint density at radius 2 is 1.72 bits per heavy atom. The molecular weight excluding hydrogens is 355 g/mol. The molecule has 11 heteroatoms. The van der Waals surface area contributed by atoms with Gasteiger partial charge in [0.05, 0.1) is 31.7 Å². The first-order valence-corrected chi connectivity index (χ1v) is 7.46. The Kier molecular flexibility index (Phi) is 4.07. The van der Waals surface area contributed by atoms with Crippen LogP contribution in [0.3, 0.4) is 0 Å². The van der Waals surface area contributed by atoms with Crippen molar-refractivity contribution in [3.63, 3.8) is 0 Å². The predicted molar refractivity (Wildman–Crippen MR) is 87.3 cm³/mol. The number of carbonyl (C=O) groups is 1. The van der Waals surface area contributed by atoms with Crippen LogP contribution in [0.4, 0.5) is 20.9 Å². The third-order valence-corrected chi connectivity index (χ3v) is 4.09. The molecule has 1 aromatic heterocycles. The second-order valence-electron chi connectivity index (χ2n) is 4.84. The van der Waals surface area contributed by atoms with E-state index in [0.29, 0.717) is 10.2 Å². The number of rotatable bonds is 4. The number of anilines is 1. The van der Waals surface area contributed by atoms with Crippen LogP contribution < -0.4 is 5.32 Å². The van der Waals surface area contributed by atoms with E-state index in [9.17, 15) is 29.4 Å². The van der Waals surface area contributed by atoms with E-state index >= 15 is 0 Å². The molecule has 0 radical (unpaired) electrons. The van der Waals surface area contributed by atoms with E-state index in [1.54, 1.807) is 0 Å². The number of carbonyl (C=O) groups excluding carboxylic acids is 1. The minimum atomic E-state index is -0.829. The zero-order valence-corrected chi connectivity index (χ0v) is 12.9. The zero-order chi connectivity index (χ0) is 18.1. The summed E-state index contributed by atoms with van der Waals surface area (Å²) in [6, 6.07) is 6.52. The van der Waals surface area contributed by atoms with Crippen LogP contribution in [-0.2, 0) is 0 Å². The topological polar surface area (TPSA) is 128 Å². The zero-order valence-electron chi connectivity index (χ0n) is 12.1. The number of hydrogen-bond acceptors (Lipinski definition) is 7. The summed E-state index contributed by atoms with van der Waals surface area (Å²) in [6.45, 7) is 0. The molecule has 0 unspecified atom stereocenters. The van der Waals surface area contributed by atoms with Crippen molar-refractivity contribution in [1.29, 1.82) is 0 Å². The lowest BCUT2D eigenvalue weighted by Crippen LogP contribution is -2.12. The maximum absolute atomic E-state index is 13.2. The molecule has 2 aromatic carbocycles. The van der Waals surface area contributed by atoms with Crippen molar-refractivity contribution in [1.82, 2.24) is 4.98 Å². The lowest BCUT2D eigenvalue weighted by atomic mass is 10.1. The first-order valence-electron chi connectivity index (χ1n) is 6.65. The normalized spacial score (nSPS) is 10.6. The molecule has 3 aromatic rings. The SMILES string of the molecule is O=C(Nc1nc2ccc(F)cc2s1)c1cc([N+](=O)[O-])cc([N+](=O)[O-])c1. The van der Waals surface area contributed by atoms with Gasteiger partial charge >= 0.3 is 0 Å². The van der Waals surface area contributed by atoms with Gasteiger partial charge in [0.25, 0.3) is 17.3 Å². The van der Waals surface area contributed by atoms with Gasteiger partial charge in [0.2, 0.25) is 0 Å². The number of nitro benzene ring substituents is 2. The molecule has 0 saturated heterocycles. The summed E-state index contributed by atoms with van der Waals surface area (Å²) < 4.78 is 13.7. The number of non-ortho nitro benzene ring substituents is 2. The van der Waals surface area contributed by atoms with E-state index in [2.05, 4.69) is 10.3 Å². The van der Waals surface area contributed by atoms with Crippen molar-refractivity contribution in [2.45, 2.75) is 0 Å². The van der Waals surface area contributed by atoms with Gasteiger partial charge in [-0.05, 0) is 18.2 Å². The quantitative estimate of drug-likeness (QED) is 0.559. The predicted octanol–water partition coefficient (Wildman–Crippen LogP) is 3.50. The van der Waals surface area contributed by atoms with Crippen LogP contribution in [0.1, 0.15) is 10.4 Å². The molecule has 9 nitrogen and oxygen atoms in total. The molecule has 0 spiro atoms. The fourth-order valence-electron chi connectivity index (χ4n) is 2.06. The number of halogens is 1. The van der Waals surface area contributed by atoms with Crippen molar-refractivity contribution in [3.05, 3.63) is 68.0 Å². The summed E-state index contributed by atoms with van der Waals surface area (Å²) in [5.41, 5.74) is -0.950. The molecule has 1 heterocycles. The summed E-state index contributed by atoms with van der Waals surface area (Å²) >= 11 is 1.00. The highest BCUT2D eigenvalue weighted by atomic mass is 32.1. The third-order valence-electron chi connectivity index (χ3n) is 3.16. The number of aromatic nitrogens is 1. The summed E-state index contributed by atoms with van der Waals surface area (Å²) in [4.78, 5) is 36.4. The maximum atomic E-state index is 13.2. The Morgan fingerprint density at radius 1 is 1.08 bits per heavy atom. The van der Waals surface area contributed by atoms with Crippen LogP contribution in [0.15, 0.2) is 36.4 Å². The molecule has 126 valence electrons. The van der Waals surface area contributed by atoms with Crippen LogP contribution in [0.5, 0.6) is 0 Å². The minimum absolute atomic E-state index is 0.139. The average Bonchev–Trinajstić information content (AvgIpc) is 2.95. The van der Waals surface area contributed by atoms with Crippen LogP contribution in [-0.4, -0.2) is 20.7 Å². The Morgan fingerprint density at radius 3 is 2.32 bits per heavy atom. The van der Waals surface area contributed by atoms with Crippen LogP contribution in [0.2, 0.25) is 0 Å². The fraction of sp³-hybridized carbons (Fsp3) is 0. The number of hydrogen-bond donors (Lipinski definition) is 1. The number of thiazole rings is 1. The van der Waals surface area contributed by atoms with E-state index in [4.69, 9.17) is 0 Å². The van der Waals surface area contributed by atoms with Crippen LogP contribution in [0.25, 0.3) is 10.2 Å². The van der Waals surface area contributed by atoms with E-state index in [1.165, 1.54) is 18.2 Å². The molecule has 0 fully saturated rings. The molecule has 0 saturated carbocycles. The standard InChI is InChI=1S/C14H7FN4O5S/c15-8-1-2-11-12(5-8)25-14(16-11)17-13(20)7-3-9(18(21)22)6-10(4-7)19(23)24/h1-6H,(H,16,17,20). The van der Waals surface area contributed by atoms with E-state index in [-0.39, 0.29) is 10.7 Å². The van der Waals surface area contributed by atoms with Crippen LogP contribution in [0, 0.1) is 26.0 Å². The minimum Gasteiger partial charge on any atom is -0.298 e. The van der Waals surface area contributed by atoms with Gasteiger partial charge < -0.3 is 0 Å². The average molecular weight is 362 g/mol. The number of nitrogens with one attached hydrogen (secondary N) is 1. The second-order valence-corrected chi connectivity index (χ2v) is 5.87. The number of benzene rings is 2. The van der Waals surface area contributed by atoms with Gasteiger partial charge in [-0.1, -0.05) is 11.3 Å². The monoisotopic (exact) mass is 362 g/mol. The number of nitro groups is 2. The summed E-state index contributed by atoms with van der Waals surface area (Å²) in [5, 5.41) is 24.3. The van der Waals surface area contributed by atoms with Gasteiger partial charge in [0.15, 0.2) is 5.13 Å². The van der Waals surface area contributed by atoms with Crippen molar-refractivity contribution in [3.8, 4) is 0 Å². The highest BCUT2D eigenvalue weighted by Gasteiger charge is 2.20. The first kappa shape index (κ1) is 16.4. The second kappa shape index (κ2) is 6.20. The molecule has 0 aliphatic heterocycles.